The molecule has 3 rings (SSSR count). The molecule has 0 aliphatic rings. The van der Waals surface area contributed by atoms with E-state index in [1.165, 1.54) is 11.8 Å². The summed E-state index contributed by atoms with van der Waals surface area (Å²) in [5.74, 6) is 0.340. The second-order valence-corrected chi connectivity index (χ2v) is 8.62. The Labute approximate surface area is 187 Å². The van der Waals surface area contributed by atoms with Crippen LogP contribution in [0.15, 0.2) is 71.6 Å². The van der Waals surface area contributed by atoms with Crippen molar-refractivity contribution in [1.82, 2.24) is 0 Å². The fourth-order valence-electron chi connectivity index (χ4n) is 2.99. The molecular weight excluding hydrogens is 408 g/mol. The van der Waals surface area contributed by atoms with Gasteiger partial charge in [-0.3, -0.25) is 9.59 Å². The van der Waals surface area contributed by atoms with Gasteiger partial charge in [0.2, 0.25) is 5.91 Å². The fraction of sp³-hybridized carbons (Fsp3) is 0.200. The van der Waals surface area contributed by atoms with Gasteiger partial charge < -0.3 is 15.4 Å². The van der Waals surface area contributed by atoms with Crippen LogP contribution in [0.4, 0.5) is 11.4 Å². The highest BCUT2D eigenvalue weighted by molar-refractivity contribution is 8.00. The third kappa shape index (κ3) is 5.89. The lowest BCUT2D eigenvalue weighted by Gasteiger charge is -2.15. The molecule has 0 saturated carbocycles. The van der Waals surface area contributed by atoms with Crippen molar-refractivity contribution < 1.29 is 14.3 Å². The van der Waals surface area contributed by atoms with Gasteiger partial charge >= 0.3 is 0 Å². The molecule has 0 aliphatic heterocycles. The first kappa shape index (κ1) is 22.4. The number of hydrogen-bond donors (Lipinski definition) is 2. The van der Waals surface area contributed by atoms with E-state index in [1.54, 1.807) is 31.4 Å². The van der Waals surface area contributed by atoms with Crippen LogP contribution in [0.25, 0.3) is 0 Å². The molecule has 0 fully saturated rings. The minimum absolute atomic E-state index is 0.0653. The molecule has 1 unspecified atom stereocenters. The number of amides is 2. The number of hydrogen-bond acceptors (Lipinski definition) is 4. The molecule has 2 amide bonds. The van der Waals surface area contributed by atoms with Crippen molar-refractivity contribution in [1.29, 1.82) is 0 Å². The van der Waals surface area contributed by atoms with Crippen molar-refractivity contribution >= 4 is 35.0 Å². The quantitative estimate of drug-likeness (QED) is 0.469. The summed E-state index contributed by atoms with van der Waals surface area (Å²) >= 11 is 1.44. The number of carbonyl (C=O) groups is 2. The Bertz CT molecular complexity index is 1100. The van der Waals surface area contributed by atoms with Gasteiger partial charge in [-0.15, -0.1) is 11.8 Å². The average molecular weight is 435 g/mol. The number of carbonyl (C=O) groups excluding carboxylic acids is 2. The van der Waals surface area contributed by atoms with Crippen LogP contribution in [0.3, 0.4) is 0 Å². The first-order chi connectivity index (χ1) is 14.9. The van der Waals surface area contributed by atoms with Crippen LogP contribution in [0.5, 0.6) is 5.75 Å². The third-order valence-electron chi connectivity index (χ3n) is 4.97. The summed E-state index contributed by atoms with van der Waals surface area (Å²) in [4.78, 5) is 26.1. The Balaban J connectivity index is 1.64. The predicted molar refractivity (Wildman–Crippen MR) is 127 cm³/mol. The van der Waals surface area contributed by atoms with Crippen LogP contribution >= 0.6 is 11.8 Å². The molecule has 0 saturated heterocycles. The van der Waals surface area contributed by atoms with E-state index in [4.69, 9.17) is 4.74 Å². The van der Waals surface area contributed by atoms with Gasteiger partial charge in [-0.05, 0) is 74.4 Å². The number of aryl methyl sites for hydroxylation is 1. The molecule has 0 radical (unpaired) electrons. The van der Waals surface area contributed by atoms with Crippen LogP contribution in [0, 0.1) is 13.8 Å². The van der Waals surface area contributed by atoms with Crippen LogP contribution in [0.1, 0.15) is 28.4 Å². The molecular formula is C25H26N2O3S. The standard InChI is InChI=1S/C25H26N2O3S/c1-16-8-5-13-23(17(16)2)27-24(28)18(3)31-22-12-7-10-20(15-22)26-25(29)19-9-6-11-21(14-19)30-4/h5-15,18H,1-4H3,(H,26,29)(H,27,28). The van der Waals surface area contributed by atoms with E-state index >= 15 is 0 Å². The molecule has 160 valence electrons. The molecule has 1 atom stereocenters. The average Bonchev–Trinajstić information content (AvgIpc) is 2.77. The van der Waals surface area contributed by atoms with E-state index in [1.807, 2.05) is 63.2 Å². The Morgan fingerprint density at radius 2 is 1.68 bits per heavy atom. The molecule has 3 aromatic rings. The minimum atomic E-state index is -0.302. The zero-order valence-corrected chi connectivity index (χ0v) is 18.9. The highest BCUT2D eigenvalue weighted by Crippen LogP contribution is 2.28. The molecule has 0 heterocycles. The zero-order valence-electron chi connectivity index (χ0n) is 18.1. The van der Waals surface area contributed by atoms with E-state index in [-0.39, 0.29) is 17.1 Å². The minimum Gasteiger partial charge on any atom is -0.497 e. The van der Waals surface area contributed by atoms with Crippen LogP contribution in [0.2, 0.25) is 0 Å². The number of nitrogens with one attached hydrogen (secondary N) is 2. The summed E-state index contributed by atoms with van der Waals surface area (Å²) in [6, 6.07) is 20.3. The first-order valence-corrected chi connectivity index (χ1v) is 10.8. The predicted octanol–water partition coefficient (Wildman–Crippen LogP) is 5.68. The smallest absolute Gasteiger partial charge is 0.255 e. The van der Waals surface area contributed by atoms with Crippen molar-refractivity contribution in [3.8, 4) is 5.75 Å². The molecule has 6 heteroatoms. The Morgan fingerprint density at radius 3 is 2.45 bits per heavy atom. The van der Waals surface area contributed by atoms with Crippen molar-refractivity contribution in [2.24, 2.45) is 0 Å². The van der Waals surface area contributed by atoms with Crippen molar-refractivity contribution in [3.63, 3.8) is 0 Å². The molecule has 0 aromatic heterocycles. The summed E-state index contributed by atoms with van der Waals surface area (Å²) < 4.78 is 5.18. The van der Waals surface area contributed by atoms with Crippen molar-refractivity contribution in [3.05, 3.63) is 83.4 Å². The Hall–Kier alpha value is -3.25. The summed E-state index contributed by atoms with van der Waals surface area (Å²) in [6.07, 6.45) is 0. The maximum Gasteiger partial charge on any atom is 0.255 e. The van der Waals surface area contributed by atoms with Crippen molar-refractivity contribution in [2.45, 2.75) is 30.9 Å². The lowest BCUT2D eigenvalue weighted by Crippen LogP contribution is -2.23. The molecule has 0 spiro atoms. The normalized spacial score (nSPS) is 11.5. The fourth-order valence-corrected chi connectivity index (χ4v) is 3.92. The topological polar surface area (TPSA) is 67.4 Å². The number of anilines is 2. The molecule has 0 aliphatic carbocycles. The van der Waals surface area contributed by atoms with Gasteiger partial charge in [0.25, 0.3) is 5.91 Å². The molecule has 3 aromatic carbocycles. The maximum atomic E-state index is 12.7. The van der Waals surface area contributed by atoms with Gasteiger partial charge in [0.15, 0.2) is 0 Å². The van der Waals surface area contributed by atoms with Crippen molar-refractivity contribution in [2.75, 3.05) is 17.7 Å². The van der Waals surface area contributed by atoms with Gasteiger partial charge in [0, 0.05) is 21.8 Å². The molecule has 0 bridgehead atoms. The highest BCUT2D eigenvalue weighted by Gasteiger charge is 2.16. The largest absolute Gasteiger partial charge is 0.497 e. The zero-order chi connectivity index (χ0) is 22.4. The lowest BCUT2D eigenvalue weighted by molar-refractivity contribution is -0.115. The Kier molecular flexibility index (Phi) is 7.36. The monoisotopic (exact) mass is 434 g/mol. The number of thioether (sulfide) groups is 1. The van der Waals surface area contributed by atoms with E-state index < -0.39 is 0 Å². The third-order valence-corrected chi connectivity index (χ3v) is 6.06. The van der Waals surface area contributed by atoms with Gasteiger partial charge in [-0.1, -0.05) is 24.3 Å². The van der Waals surface area contributed by atoms with Gasteiger partial charge in [-0.25, -0.2) is 0 Å². The summed E-state index contributed by atoms with van der Waals surface area (Å²) in [5.41, 5.74) is 4.21. The number of methoxy groups -OCH3 is 1. The summed E-state index contributed by atoms with van der Waals surface area (Å²) in [7, 11) is 1.56. The number of rotatable bonds is 7. The second kappa shape index (κ2) is 10.2. The van der Waals surface area contributed by atoms with Gasteiger partial charge in [0.05, 0.1) is 12.4 Å². The summed E-state index contributed by atoms with van der Waals surface area (Å²) in [6.45, 7) is 5.89. The lowest BCUT2D eigenvalue weighted by atomic mass is 10.1. The first-order valence-electron chi connectivity index (χ1n) is 9.96. The Morgan fingerprint density at radius 1 is 0.935 bits per heavy atom. The van der Waals surface area contributed by atoms with E-state index in [9.17, 15) is 9.59 Å². The van der Waals surface area contributed by atoms with Crippen LogP contribution < -0.4 is 15.4 Å². The van der Waals surface area contributed by atoms with Crippen LogP contribution in [-0.4, -0.2) is 24.2 Å². The van der Waals surface area contributed by atoms with Crippen LogP contribution in [-0.2, 0) is 4.79 Å². The van der Waals surface area contributed by atoms with Gasteiger partial charge in [-0.2, -0.15) is 0 Å². The molecule has 5 nitrogen and oxygen atoms in total. The number of benzene rings is 3. The van der Waals surface area contributed by atoms with Gasteiger partial charge in [0.1, 0.15) is 5.75 Å². The number of ether oxygens (including phenoxy) is 1. The maximum absolute atomic E-state index is 12.7. The van der Waals surface area contributed by atoms with E-state index in [0.29, 0.717) is 17.0 Å². The second-order valence-electron chi connectivity index (χ2n) is 7.21. The summed E-state index contributed by atoms with van der Waals surface area (Å²) in [5, 5.41) is 5.60. The molecule has 2 N–H and O–H groups in total. The van der Waals surface area contributed by atoms with E-state index in [2.05, 4.69) is 10.6 Å². The SMILES string of the molecule is COc1cccc(C(=O)Nc2cccc(SC(C)C(=O)Nc3cccc(C)c3C)c2)c1. The van der Waals surface area contributed by atoms with E-state index in [0.717, 1.165) is 21.7 Å². The molecule has 31 heavy (non-hydrogen) atoms. The highest BCUT2D eigenvalue weighted by atomic mass is 32.2.